The van der Waals surface area contributed by atoms with Crippen LogP contribution in [0, 0.1) is 5.82 Å². The van der Waals surface area contributed by atoms with E-state index in [2.05, 4.69) is 39.0 Å². The molecule has 1 N–H and O–H groups in total. The zero-order valence-electron chi connectivity index (χ0n) is 25.2. The van der Waals surface area contributed by atoms with Gasteiger partial charge in [0.2, 0.25) is 8.32 Å². The Morgan fingerprint density at radius 3 is 2.58 bits per heavy atom. The Hall–Kier alpha value is -2.31. The fourth-order valence-electron chi connectivity index (χ4n) is 4.43. The van der Waals surface area contributed by atoms with Gasteiger partial charge in [-0.05, 0) is 64.2 Å². The van der Waals surface area contributed by atoms with Gasteiger partial charge in [0.05, 0.1) is 32.1 Å². The molecule has 0 amide bonds. The molecule has 9 nitrogen and oxygen atoms in total. The normalized spacial score (nSPS) is 17.9. The molecule has 1 fully saturated rings. The molecule has 1 aliphatic heterocycles. The van der Waals surface area contributed by atoms with Crippen LogP contribution in [0.2, 0.25) is 18.1 Å². The maximum absolute atomic E-state index is 15.8. The van der Waals surface area contributed by atoms with Crippen molar-refractivity contribution >= 4 is 19.2 Å². The second-order valence-corrected chi connectivity index (χ2v) is 17.4. The Morgan fingerprint density at radius 2 is 1.93 bits per heavy atom. The van der Waals surface area contributed by atoms with Crippen LogP contribution in [-0.4, -0.2) is 65.2 Å². The van der Waals surface area contributed by atoms with E-state index in [-0.39, 0.29) is 29.7 Å². The van der Waals surface area contributed by atoms with Crippen molar-refractivity contribution in [3.63, 3.8) is 0 Å². The van der Waals surface area contributed by atoms with Crippen molar-refractivity contribution in [3.05, 3.63) is 30.3 Å². The number of nitrogens with zero attached hydrogens (tertiary/aromatic N) is 4. The number of hydrogen-bond donors (Lipinski definition) is 1. The number of aliphatic hydroxyl groups is 1. The molecule has 40 heavy (non-hydrogen) atoms. The van der Waals surface area contributed by atoms with E-state index in [1.54, 1.807) is 24.7 Å². The van der Waals surface area contributed by atoms with Crippen LogP contribution in [0.4, 0.5) is 4.39 Å². The van der Waals surface area contributed by atoms with Crippen molar-refractivity contribution in [2.45, 2.75) is 97.0 Å². The van der Waals surface area contributed by atoms with Gasteiger partial charge < -0.3 is 23.7 Å². The monoisotopic (exact) mass is 576 g/mol. The van der Waals surface area contributed by atoms with E-state index in [0.717, 1.165) is 24.8 Å². The van der Waals surface area contributed by atoms with E-state index in [0.29, 0.717) is 42.2 Å². The van der Waals surface area contributed by atoms with Gasteiger partial charge in [-0.25, -0.2) is 9.07 Å². The second-order valence-electron chi connectivity index (χ2n) is 12.7. The molecule has 2 aromatic heterocycles. The Labute approximate surface area is 237 Å². The number of halogens is 1. The molecule has 2 atom stereocenters. The SMILES string of the molecule is C[C@H](COCCOC(C)(C)O)n1cc(-c2nn([C@@H]3CCCCO3)c3c(F)cc(O[Si](C)(C)C(C)(C)C)cc23)cn1. The summed E-state index contributed by atoms with van der Waals surface area (Å²) in [6, 6.07) is 3.34. The Bertz CT molecular complexity index is 1290. The lowest BCUT2D eigenvalue weighted by atomic mass is 10.1. The summed E-state index contributed by atoms with van der Waals surface area (Å²) in [6.07, 6.45) is 6.12. The highest BCUT2D eigenvalue weighted by Crippen LogP contribution is 2.40. The minimum absolute atomic E-state index is 0.0266. The molecule has 1 aliphatic rings. The third kappa shape index (κ3) is 7.11. The molecule has 222 valence electrons. The largest absolute Gasteiger partial charge is 0.543 e. The lowest BCUT2D eigenvalue weighted by Crippen LogP contribution is -2.43. The van der Waals surface area contributed by atoms with Crippen molar-refractivity contribution in [1.29, 1.82) is 0 Å². The van der Waals surface area contributed by atoms with Gasteiger partial charge in [0, 0.05) is 29.8 Å². The van der Waals surface area contributed by atoms with Gasteiger partial charge >= 0.3 is 0 Å². The minimum Gasteiger partial charge on any atom is -0.543 e. The average molecular weight is 577 g/mol. The van der Waals surface area contributed by atoms with Gasteiger partial charge in [0.25, 0.3) is 0 Å². The van der Waals surface area contributed by atoms with Crippen molar-refractivity contribution in [2.75, 3.05) is 26.4 Å². The van der Waals surface area contributed by atoms with Crippen LogP contribution in [0.3, 0.4) is 0 Å². The number of fused-ring (bicyclic) bond motifs is 1. The van der Waals surface area contributed by atoms with Crippen LogP contribution in [0.15, 0.2) is 24.5 Å². The Balaban J connectivity index is 1.64. The predicted molar refractivity (Wildman–Crippen MR) is 155 cm³/mol. The van der Waals surface area contributed by atoms with E-state index in [4.69, 9.17) is 23.7 Å². The summed E-state index contributed by atoms with van der Waals surface area (Å²) in [5, 5.41) is 19.8. The first-order valence-electron chi connectivity index (χ1n) is 14.2. The van der Waals surface area contributed by atoms with Crippen molar-refractivity contribution in [1.82, 2.24) is 19.6 Å². The second kappa shape index (κ2) is 11.9. The van der Waals surface area contributed by atoms with E-state index < -0.39 is 14.1 Å². The molecule has 4 rings (SSSR count). The van der Waals surface area contributed by atoms with E-state index in [9.17, 15) is 5.11 Å². The topological polar surface area (TPSA) is 92.8 Å². The van der Waals surface area contributed by atoms with Crippen LogP contribution in [0.25, 0.3) is 22.2 Å². The Kier molecular flexibility index (Phi) is 9.11. The van der Waals surface area contributed by atoms with Gasteiger partial charge in [-0.1, -0.05) is 20.8 Å². The number of benzene rings is 1. The highest BCUT2D eigenvalue weighted by atomic mass is 28.4. The lowest BCUT2D eigenvalue weighted by Gasteiger charge is -2.36. The van der Waals surface area contributed by atoms with Gasteiger partial charge in [0.15, 0.2) is 17.8 Å². The van der Waals surface area contributed by atoms with Crippen molar-refractivity contribution in [3.8, 4) is 17.0 Å². The van der Waals surface area contributed by atoms with E-state index >= 15 is 4.39 Å². The molecule has 0 saturated carbocycles. The summed E-state index contributed by atoms with van der Waals surface area (Å²) in [7, 11) is -2.19. The zero-order valence-corrected chi connectivity index (χ0v) is 26.2. The first-order valence-corrected chi connectivity index (χ1v) is 17.1. The molecule has 0 aliphatic carbocycles. The fourth-order valence-corrected chi connectivity index (χ4v) is 5.44. The van der Waals surface area contributed by atoms with Crippen LogP contribution in [-0.2, 0) is 14.2 Å². The molecule has 1 saturated heterocycles. The molecular formula is C29H45FN4O5Si. The highest BCUT2D eigenvalue weighted by Gasteiger charge is 2.39. The molecule has 0 unspecified atom stereocenters. The number of rotatable bonds is 11. The summed E-state index contributed by atoms with van der Waals surface area (Å²) < 4.78 is 42.9. The average Bonchev–Trinajstić information content (AvgIpc) is 3.48. The lowest BCUT2D eigenvalue weighted by molar-refractivity contribution is -0.183. The molecule has 3 heterocycles. The number of hydrogen-bond acceptors (Lipinski definition) is 7. The highest BCUT2D eigenvalue weighted by molar-refractivity contribution is 6.74. The first-order chi connectivity index (χ1) is 18.7. The van der Waals surface area contributed by atoms with Crippen molar-refractivity contribution < 1.29 is 28.1 Å². The minimum atomic E-state index is -2.19. The zero-order chi connectivity index (χ0) is 29.3. The number of ether oxygens (including phenoxy) is 3. The van der Waals surface area contributed by atoms with Crippen LogP contribution in [0.5, 0.6) is 5.75 Å². The molecule has 1 aromatic carbocycles. The quantitative estimate of drug-likeness (QED) is 0.159. The van der Waals surface area contributed by atoms with Gasteiger partial charge in [-0.2, -0.15) is 10.2 Å². The summed E-state index contributed by atoms with van der Waals surface area (Å²) in [5.41, 5.74) is 1.84. The van der Waals surface area contributed by atoms with E-state index in [1.165, 1.54) is 6.07 Å². The van der Waals surface area contributed by atoms with Gasteiger partial charge in [-0.3, -0.25) is 4.68 Å². The standard InChI is InChI=1S/C29H45FN4O5Si/c1-20(19-36-13-14-38-29(5,6)35)33-18-21(17-31-33)26-23-15-22(39-40(7,8)28(2,3)4)16-24(30)27(23)34(32-26)25-11-9-10-12-37-25/h15-18,20,25,35H,9-14,19H2,1-8H3/t20-,25+/m1/s1. The van der Waals surface area contributed by atoms with E-state index in [1.807, 2.05) is 23.9 Å². The Morgan fingerprint density at radius 1 is 1.18 bits per heavy atom. The van der Waals surface area contributed by atoms with Crippen molar-refractivity contribution in [2.24, 2.45) is 0 Å². The first kappa shape index (κ1) is 30.6. The molecule has 11 heteroatoms. The maximum atomic E-state index is 15.8. The number of aromatic nitrogens is 4. The third-order valence-electron chi connectivity index (χ3n) is 7.71. The predicted octanol–water partition coefficient (Wildman–Crippen LogP) is 6.44. The molecule has 0 spiro atoms. The molecular weight excluding hydrogens is 531 g/mol. The fraction of sp³-hybridized carbons (Fsp3) is 0.655. The van der Waals surface area contributed by atoms with Crippen LogP contribution >= 0.6 is 0 Å². The van der Waals surface area contributed by atoms with Crippen LogP contribution < -0.4 is 4.43 Å². The van der Waals surface area contributed by atoms with Gasteiger partial charge in [0.1, 0.15) is 17.0 Å². The summed E-state index contributed by atoms with van der Waals surface area (Å²) >= 11 is 0. The third-order valence-corrected chi connectivity index (χ3v) is 12.1. The van der Waals surface area contributed by atoms with Crippen LogP contribution in [0.1, 0.15) is 73.1 Å². The maximum Gasteiger partial charge on any atom is 0.250 e. The molecule has 0 bridgehead atoms. The molecule has 0 radical (unpaired) electrons. The molecule has 3 aromatic rings. The summed E-state index contributed by atoms with van der Waals surface area (Å²) in [5.74, 6) is -1.04. The smallest absolute Gasteiger partial charge is 0.250 e. The van der Waals surface area contributed by atoms with Gasteiger partial charge in [-0.15, -0.1) is 0 Å². The summed E-state index contributed by atoms with van der Waals surface area (Å²) in [6.45, 7) is 17.7. The summed E-state index contributed by atoms with van der Waals surface area (Å²) in [4.78, 5) is 0.